The van der Waals surface area contributed by atoms with Gasteiger partial charge in [-0.25, -0.2) is 0 Å². The second-order valence-corrected chi connectivity index (χ2v) is 4.92. The molecule has 0 atom stereocenters. The quantitative estimate of drug-likeness (QED) is 0.792. The van der Waals surface area contributed by atoms with Gasteiger partial charge in [-0.05, 0) is 42.8 Å². The zero-order valence-electron chi connectivity index (χ0n) is 9.77. The normalized spacial score (nSPS) is 10.2. The molecule has 4 heteroatoms. The molecule has 2 nitrogen and oxygen atoms in total. The molecule has 0 saturated heterocycles. The maximum atomic E-state index is 12.0. The smallest absolute Gasteiger partial charge is 0.255 e. The van der Waals surface area contributed by atoms with Crippen LogP contribution in [-0.4, -0.2) is 5.91 Å². The highest BCUT2D eigenvalue weighted by atomic mass is 35.5. The Morgan fingerprint density at radius 3 is 2.72 bits per heavy atom. The molecule has 1 N–H and O–H groups in total. The molecule has 0 aliphatic carbocycles. The van der Waals surface area contributed by atoms with Gasteiger partial charge in [0.05, 0.1) is 0 Å². The van der Waals surface area contributed by atoms with Crippen LogP contribution in [0.4, 0.5) is 5.69 Å². The van der Waals surface area contributed by atoms with Crippen LogP contribution in [0.5, 0.6) is 0 Å². The summed E-state index contributed by atoms with van der Waals surface area (Å²) >= 11 is 10.1. The van der Waals surface area contributed by atoms with E-state index in [0.29, 0.717) is 10.6 Å². The van der Waals surface area contributed by atoms with Crippen LogP contribution in [0.1, 0.15) is 15.9 Å². The molecule has 0 aliphatic heterocycles. The molecule has 0 fully saturated rings. The van der Waals surface area contributed by atoms with E-state index < -0.39 is 0 Å². The van der Waals surface area contributed by atoms with Gasteiger partial charge >= 0.3 is 0 Å². The molecule has 92 valence electrons. The molecular formula is C14H12ClNOS. The van der Waals surface area contributed by atoms with Crippen LogP contribution in [0.25, 0.3) is 0 Å². The number of aryl methyl sites for hydroxylation is 1. The van der Waals surface area contributed by atoms with E-state index in [0.717, 1.165) is 16.1 Å². The lowest BCUT2D eigenvalue weighted by atomic mass is 10.1. The minimum atomic E-state index is -0.170. The standard InChI is InChI=1S/C14H12ClNOS/c1-9-5-6-11(15)8-13(9)16-14(17)10-3-2-4-12(18)7-10/h2-8,18H,1H3,(H,16,17). The molecule has 0 heterocycles. The molecule has 0 unspecified atom stereocenters. The Hall–Kier alpha value is -1.45. The number of halogens is 1. The van der Waals surface area contributed by atoms with Crippen molar-refractivity contribution < 1.29 is 4.79 Å². The Labute approximate surface area is 116 Å². The number of carbonyl (C=O) groups is 1. The minimum absolute atomic E-state index is 0.170. The predicted octanol–water partition coefficient (Wildman–Crippen LogP) is 4.19. The molecule has 2 rings (SSSR count). The van der Waals surface area contributed by atoms with Gasteiger partial charge in [0.25, 0.3) is 5.91 Å². The van der Waals surface area contributed by atoms with E-state index in [2.05, 4.69) is 17.9 Å². The first-order chi connectivity index (χ1) is 8.56. The summed E-state index contributed by atoms with van der Waals surface area (Å²) in [6.07, 6.45) is 0. The van der Waals surface area contributed by atoms with Crippen LogP contribution in [-0.2, 0) is 0 Å². The number of thiol groups is 1. The zero-order chi connectivity index (χ0) is 13.1. The average Bonchev–Trinajstić information content (AvgIpc) is 2.34. The topological polar surface area (TPSA) is 29.1 Å². The SMILES string of the molecule is Cc1ccc(Cl)cc1NC(=O)c1cccc(S)c1. The number of nitrogens with one attached hydrogen (secondary N) is 1. The van der Waals surface area contributed by atoms with Crippen molar-refractivity contribution in [1.29, 1.82) is 0 Å². The average molecular weight is 278 g/mol. The third kappa shape index (κ3) is 3.06. The van der Waals surface area contributed by atoms with Crippen molar-refractivity contribution in [2.24, 2.45) is 0 Å². The van der Waals surface area contributed by atoms with Crippen molar-refractivity contribution in [3.63, 3.8) is 0 Å². The minimum Gasteiger partial charge on any atom is -0.322 e. The number of hydrogen-bond acceptors (Lipinski definition) is 2. The van der Waals surface area contributed by atoms with Crippen molar-refractivity contribution >= 4 is 35.8 Å². The van der Waals surface area contributed by atoms with Gasteiger partial charge in [-0.15, -0.1) is 12.6 Å². The van der Waals surface area contributed by atoms with E-state index in [4.69, 9.17) is 11.6 Å². The van der Waals surface area contributed by atoms with Crippen molar-refractivity contribution in [3.8, 4) is 0 Å². The van der Waals surface area contributed by atoms with Crippen LogP contribution in [0.3, 0.4) is 0 Å². The molecule has 0 spiro atoms. The first-order valence-corrected chi connectivity index (χ1v) is 6.25. The fraction of sp³-hybridized carbons (Fsp3) is 0.0714. The zero-order valence-corrected chi connectivity index (χ0v) is 11.4. The third-order valence-corrected chi connectivity index (χ3v) is 3.07. The van der Waals surface area contributed by atoms with Gasteiger partial charge < -0.3 is 5.32 Å². The fourth-order valence-corrected chi connectivity index (χ4v) is 1.97. The van der Waals surface area contributed by atoms with Crippen molar-refractivity contribution in [2.45, 2.75) is 11.8 Å². The van der Waals surface area contributed by atoms with Gasteiger partial charge in [0.1, 0.15) is 0 Å². The summed E-state index contributed by atoms with van der Waals surface area (Å²) < 4.78 is 0. The van der Waals surface area contributed by atoms with Gasteiger partial charge in [0.2, 0.25) is 0 Å². The Morgan fingerprint density at radius 1 is 1.22 bits per heavy atom. The third-order valence-electron chi connectivity index (χ3n) is 2.56. The van der Waals surface area contributed by atoms with Crippen molar-refractivity contribution in [2.75, 3.05) is 5.32 Å². The molecule has 2 aromatic rings. The van der Waals surface area contributed by atoms with Crippen LogP contribution in [0, 0.1) is 6.92 Å². The lowest BCUT2D eigenvalue weighted by Gasteiger charge is -2.09. The summed E-state index contributed by atoms with van der Waals surface area (Å²) in [7, 11) is 0. The summed E-state index contributed by atoms with van der Waals surface area (Å²) in [5.74, 6) is -0.170. The number of benzene rings is 2. The largest absolute Gasteiger partial charge is 0.322 e. The molecule has 2 aromatic carbocycles. The number of hydrogen-bond donors (Lipinski definition) is 2. The van der Waals surface area contributed by atoms with Crippen LogP contribution in [0.15, 0.2) is 47.4 Å². The highest BCUT2D eigenvalue weighted by Crippen LogP contribution is 2.21. The van der Waals surface area contributed by atoms with Crippen molar-refractivity contribution in [3.05, 3.63) is 58.6 Å². The fourth-order valence-electron chi connectivity index (χ4n) is 1.57. The Bertz CT molecular complexity index is 598. The number of anilines is 1. The molecule has 1 amide bonds. The van der Waals surface area contributed by atoms with Gasteiger partial charge in [0.15, 0.2) is 0 Å². The molecule has 0 aromatic heterocycles. The summed E-state index contributed by atoms with van der Waals surface area (Å²) in [6.45, 7) is 1.92. The molecule has 0 saturated carbocycles. The highest BCUT2D eigenvalue weighted by molar-refractivity contribution is 7.80. The summed E-state index contributed by atoms with van der Waals surface area (Å²) in [5, 5.41) is 3.43. The molecule has 0 bridgehead atoms. The van der Waals surface area contributed by atoms with Crippen molar-refractivity contribution in [1.82, 2.24) is 0 Å². The molecule has 0 aliphatic rings. The second-order valence-electron chi connectivity index (χ2n) is 3.96. The van der Waals surface area contributed by atoms with Gasteiger partial charge in [0, 0.05) is 21.2 Å². The molecular weight excluding hydrogens is 266 g/mol. The number of amides is 1. The summed E-state index contributed by atoms with van der Waals surface area (Å²) in [5.41, 5.74) is 2.26. The molecule has 0 radical (unpaired) electrons. The first-order valence-electron chi connectivity index (χ1n) is 5.43. The highest BCUT2D eigenvalue weighted by Gasteiger charge is 2.08. The van der Waals surface area contributed by atoms with Gasteiger partial charge in [-0.2, -0.15) is 0 Å². The lowest BCUT2D eigenvalue weighted by molar-refractivity contribution is 0.102. The number of rotatable bonds is 2. The summed E-state index contributed by atoms with van der Waals surface area (Å²) in [4.78, 5) is 12.8. The van der Waals surface area contributed by atoms with E-state index in [9.17, 15) is 4.79 Å². The van der Waals surface area contributed by atoms with E-state index >= 15 is 0 Å². The Kier molecular flexibility index (Phi) is 3.94. The van der Waals surface area contributed by atoms with E-state index in [-0.39, 0.29) is 5.91 Å². The maximum Gasteiger partial charge on any atom is 0.255 e. The monoisotopic (exact) mass is 277 g/mol. The van der Waals surface area contributed by atoms with Gasteiger partial charge in [-0.1, -0.05) is 23.7 Å². The summed E-state index contributed by atoms with van der Waals surface area (Å²) in [6, 6.07) is 12.5. The van der Waals surface area contributed by atoms with Crippen LogP contribution >= 0.6 is 24.2 Å². The second kappa shape index (κ2) is 5.46. The van der Waals surface area contributed by atoms with Crippen LogP contribution < -0.4 is 5.32 Å². The van der Waals surface area contributed by atoms with E-state index in [1.54, 1.807) is 30.3 Å². The van der Waals surface area contributed by atoms with Crippen LogP contribution in [0.2, 0.25) is 5.02 Å². The van der Waals surface area contributed by atoms with Gasteiger partial charge in [-0.3, -0.25) is 4.79 Å². The number of carbonyl (C=O) groups excluding carboxylic acids is 1. The predicted molar refractivity (Wildman–Crippen MR) is 77.8 cm³/mol. The maximum absolute atomic E-state index is 12.0. The van der Waals surface area contributed by atoms with E-state index in [1.807, 2.05) is 19.1 Å². The molecule has 18 heavy (non-hydrogen) atoms. The lowest BCUT2D eigenvalue weighted by Crippen LogP contribution is -2.12. The Morgan fingerprint density at radius 2 is 2.00 bits per heavy atom. The first kappa shape index (κ1) is 13.0. The Balaban J connectivity index is 2.24. The van der Waals surface area contributed by atoms with E-state index in [1.165, 1.54) is 0 Å².